The van der Waals surface area contributed by atoms with E-state index in [4.69, 9.17) is 14.2 Å². The fourth-order valence-electron chi connectivity index (χ4n) is 4.16. The molecule has 2 fully saturated rings. The fourth-order valence-corrected chi connectivity index (χ4v) is 5.60. The average molecular weight is 496 g/mol. The molecule has 0 radical (unpaired) electrons. The first-order valence-electron chi connectivity index (χ1n) is 11.9. The largest absolute Gasteiger partial charge is 0.490 e. The number of fused-ring (bicyclic) bond motifs is 1. The number of piperazine rings is 1. The number of rotatable bonds is 9. The number of esters is 1. The van der Waals surface area contributed by atoms with Crippen LogP contribution < -0.4 is 9.47 Å². The van der Waals surface area contributed by atoms with Crippen LogP contribution in [-0.4, -0.2) is 100 Å². The van der Waals surface area contributed by atoms with Crippen molar-refractivity contribution >= 4 is 21.9 Å². The van der Waals surface area contributed by atoms with Crippen LogP contribution in [-0.2, 0) is 24.3 Å². The van der Waals surface area contributed by atoms with Crippen molar-refractivity contribution in [3.63, 3.8) is 0 Å². The number of ether oxygens (including phenoxy) is 3. The second-order valence-electron chi connectivity index (χ2n) is 8.86. The molecule has 2 heterocycles. The van der Waals surface area contributed by atoms with Gasteiger partial charge in [0, 0.05) is 45.2 Å². The van der Waals surface area contributed by atoms with Crippen LogP contribution in [0.1, 0.15) is 26.2 Å². The van der Waals surface area contributed by atoms with Crippen molar-refractivity contribution in [2.24, 2.45) is 5.92 Å². The van der Waals surface area contributed by atoms with Gasteiger partial charge in [-0.2, -0.15) is 4.31 Å². The summed E-state index contributed by atoms with van der Waals surface area (Å²) in [6.07, 6.45) is 2.97. The molecule has 0 N–H and O–H groups in total. The molecule has 2 aliphatic heterocycles. The molecule has 1 saturated heterocycles. The van der Waals surface area contributed by atoms with Crippen molar-refractivity contribution in [3.8, 4) is 11.5 Å². The maximum Gasteiger partial charge on any atom is 0.320 e. The summed E-state index contributed by atoms with van der Waals surface area (Å²) in [5.74, 6) is 1.08. The second kappa shape index (κ2) is 10.9. The minimum atomic E-state index is -3.72. The van der Waals surface area contributed by atoms with Gasteiger partial charge in [-0.25, -0.2) is 8.42 Å². The number of carbonyl (C=O) groups is 2. The van der Waals surface area contributed by atoms with Gasteiger partial charge < -0.3 is 19.1 Å². The van der Waals surface area contributed by atoms with Crippen molar-refractivity contribution in [1.29, 1.82) is 0 Å². The zero-order valence-corrected chi connectivity index (χ0v) is 20.4. The summed E-state index contributed by atoms with van der Waals surface area (Å²) in [6, 6.07) is 4.68. The minimum absolute atomic E-state index is 0.0918. The molecule has 1 saturated carbocycles. The number of sulfonamides is 1. The van der Waals surface area contributed by atoms with Crippen LogP contribution in [0.25, 0.3) is 0 Å². The molecule has 34 heavy (non-hydrogen) atoms. The Morgan fingerprint density at radius 1 is 1.06 bits per heavy atom. The van der Waals surface area contributed by atoms with Crippen LogP contribution in [0, 0.1) is 5.92 Å². The summed E-state index contributed by atoms with van der Waals surface area (Å²) in [7, 11) is -3.72. The number of nitrogens with zero attached hydrogens (tertiary/aromatic N) is 3. The number of benzene rings is 1. The molecular weight excluding hydrogens is 462 g/mol. The summed E-state index contributed by atoms with van der Waals surface area (Å²) < 4.78 is 44.0. The summed E-state index contributed by atoms with van der Waals surface area (Å²) in [4.78, 5) is 28.5. The summed E-state index contributed by atoms with van der Waals surface area (Å²) in [5, 5.41) is 0. The molecule has 1 amide bonds. The van der Waals surface area contributed by atoms with Gasteiger partial charge in [-0.1, -0.05) is 0 Å². The molecule has 0 unspecified atom stereocenters. The zero-order valence-electron chi connectivity index (χ0n) is 19.6. The Hall–Kier alpha value is -2.37. The lowest BCUT2D eigenvalue weighted by Gasteiger charge is -2.35. The minimum Gasteiger partial charge on any atom is -0.490 e. The van der Waals surface area contributed by atoms with Gasteiger partial charge in [0.1, 0.15) is 0 Å². The highest BCUT2D eigenvalue weighted by Crippen LogP contribution is 2.33. The molecule has 10 nitrogen and oxygen atoms in total. The molecule has 3 aliphatic rings. The van der Waals surface area contributed by atoms with Crippen LogP contribution >= 0.6 is 0 Å². The smallest absolute Gasteiger partial charge is 0.320 e. The highest BCUT2D eigenvalue weighted by Gasteiger charge is 2.32. The van der Waals surface area contributed by atoms with Crippen molar-refractivity contribution in [1.82, 2.24) is 14.1 Å². The highest BCUT2D eigenvalue weighted by molar-refractivity contribution is 7.89. The van der Waals surface area contributed by atoms with Gasteiger partial charge >= 0.3 is 5.97 Å². The van der Waals surface area contributed by atoms with Crippen molar-refractivity contribution in [2.45, 2.75) is 31.1 Å². The SMILES string of the molecule is CCOC(=O)CN(CC(=O)N1CCN(S(=O)(=O)c2ccc3c(c2)OCCCO3)CC1)CC1CC1. The van der Waals surface area contributed by atoms with E-state index >= 15 is 0 Å². The molecule has 11 heteroatoms. The summed E-state index contributed by atoms with van der Waals surface area (Å²) in [5.41, 5.74) is 0. The lowest BCUT2D eigenvalue weighted by Crippen LogP contribution is -2.53. The van der Waals surface area contributed by atoms with E-state index in [-0.39, 0.29) is 43.0 Å². The van der Waals surface area contributed by atoms with Crippen molar-refractivity contribution in [3.05, 3.63) is 18.2 Å². The molecule has 0 atom stereocenters. The van der Waals surface area contributed by atoms with Gasteiger partial charge in [0.15, 0.2) is 11.5 Å². The molecule has 0 aromatic heterocycles. The van der Waals surface area contributed by atoms with E-state index in [0.717, 1.165) is 19.3 Å². The van der Waals surface area contributed by atoms with E-state index in [1.54, 1.807) is 17.9 Å². The maximum absolute atomic E-state index is 13.2. The third-order valence-corrected chi connectivity index (χ3v) is 8.07. The van der Waals surface area contributed by atoms with Crippen molar-refractivity contribution < 1.29 is 32.2 Å². The molecule has 1 aromatic rings. The lowest BCUT2D eigenvalue weighted by molar-refractivity contribution is -0.145. The zero-order chi connectivity index (χ0) is 24.1. The van der Waals surface area contributed by atoms with Crippen molar-refractivity contribution in [2.75, 3.05) is 65.6 Å². The Morgan fingerprint density at radius 2 is 1.76 bits per heavy atom. The monoisotopic (exact) mass is 495 g/mol. The van der Waals surface area contributed by atoms with Gasteiger partial charge in [-0.05, 0) is 37.8 Å². The number of hydrogen-bond donors (Lipinski definition) is 0. The first-order chi connectivity index (χ1) is 16.4. The van der Waals surface area contributed by atoms with Gasteiger partial charge in [0.05, 0.1) is 37.8 Å². The van der Waals surface area contributed by atoms with Crippen LogP contribution in [0.2, 0.25) is 0 Å². The summed E-state index contributed by atoms with van der Waals surface area (Å²) in [6.45, 7) is 5.03. The van der Waals surface area contributed by atoms with Crippen LogP contribution in [0.3, 0.4) is 0 Å². The van der Waals surface area contributed by atoms with E-state index in [0.29, 0.717) is 56.9 Å². The van der Waals surface area contributed by atoms with Gasteiger partial charge in [0.2, 0.25) is 15.9 Å². The first-order valence-corrected chi connectivity index (χ1v) is 13.4. The number of carbonyl (C=O) groups excluding carboxylic acids is 2. The normalized spacial score (nSPS) is 19.1. The average Bonchev–Trinajstić information content (AvgIpc) is 3.65. The molecule has 1 aromatic carbocycles. The Bertz CT molecular complexity index is 988. The molecule has 1 aliphatic carbocycles. The summed E-state index contributed by atoms with van der Waals surface area (Å²) >= 11 is 0. The van der Waals surface area contributed by atoms with E-state index in [9.17, 15) is 18.0 Å². The van der Waals surface area contributed by atoms with Gasteiger partial charge in [0.25, 0.3) is 0 Å². The van der Waals surface area contributed by atoms with Gasteiger partial charge in [-0.15, -0.1) is 0 Å². The third kappa shape index (κ3) is 6.19. The molecular formula is C23H33N3O7S. The predicted molar refractivity (Wildman–Crippen MR) is 123 cm³/mol. The molecule has 0 bridgehead atoms. The lowest BCUT2D eigenvalue weighted by atomic mass is 10.3. The number of hydrogen-bond acceptors (Lipinski definition) is 8. The van der Waals surface area contributed by atoms with Crippen LogP contribution in [0.15, 0.2) is 23.1 Å². The van der Waals surface area contributed by atoms with Crippen LogP contribution in [0.5, 0.6) is 11.5 Å². The molecule has 4 rings (SSSR count). The van der Waals surface area contributed by atoms with E-state index in [2.05, 4.69) is 0 Å². The Morgan fingerprint density at radius 3 is 2.44 bits per heavy atom. The van der Waals surface area contributed by atoms with E-state index in [1.165, 1.54) is 16.4 Å². The Balaban J connectivity index is 1.34. The molecule has 188 valence electrons. The second-order valence-corrected chi connectivity index (χ2v) is 10.8. The Labute approximate surface area is 200 Å². The standard InChI is InChI=1S/C23H33N3O7S/c1-2-31-23(28)17-24(15-18-4-5-18)16-22(27)25-8-10-26(11-9-25)34(29,30)19-6-7-20-21(14-19)33-13-3-12-32-20/h6-7,14,18H,2-5,8-13,15-17H2,1H3. The van der Waals surface area contributed by atoms with Gasteiger partial charge in [-0.3, -0.25) is 14.5 Å². The quantitative estimate of drug-likeness (QED) is 0.467. The van der Waals surface area contributed by atoms with E-state index in [1.807, 2.05) is 4.90 Å². The molecule has 0 spiro atoms. The Kier molecular flexibility index (Phi) is 7.95. The third-order valence-electron chi connectivity index (χ3n) is 6.18. The van der Waals surface area contributed by atoms with E-state index < -0.39 is 10.0 Å². The fraction of sp³-hybridized carbons (Fsp3) is 0.652. The van der Waals surface area contributed by atoms with Crippen LogP contribution in [0.4, 0.5) is 0 Å². The predicted octanol–water partition coefficient (Wildman–Crippen LogP) is 0.956. The number of amides is 1. The first kappa shape index (κ1) is 24.7. The maximum atomic E-state index is 13.2. The highest BCUT2D eigenvalue weighted by atomic mass is 32.2. The topological polar surface area (TPSA) is 106 Å².